The minimum absolute atomic E-state index is 0.356. The quantitative estimate of drug-likeness (QED) is 0.492. The first kappa shape index (κ1) is 15.7. The van der Waals surface area contributed by atoms with Crippen molar-refractivity contribution in [3.63, 3.8) is 0 Å². The Morgan fingerprint density at radius 1 is 1.00 bits per heavy atom. The Kier molecular flexibility index (Phi) is 5.41. The van der Waals surface area contributed by atoms with Gasteiger partial charge in [-0.3, -0.25) is 0 Å². The van der Waals surface area contributed by atoms with Crippen LogP contribution in [0.4, 0.5) is 0 Å². The molecule has 2 nitrogen and oxygen atoms in total. The molecule has 0 saturated heterocycles. The van der Waals surface area contributed by atoms with E-state index in [9.17, 15) is 0 Å². The molecule has 20 heavy (non-hydrogen) atoms. The summed E-state index contributed by atoms with van der Waals surface area (Å²) in [6.45, 7) is 0. The maximum atomic E-state index is 6.62. The minimum atomic E-state index is -0.356. The fourth-order valence-corrected chi connectivity index (χ4v) is 3.28. The first-order valence-corrected chi connectivity index (χ1v) is 7.77. The molecule has 0 N–H and O–H groups in total. The number of ether oxygens (including phenoxy) is 2. The molecule has 2 aromatic rings. The van der Waals surface area contributed by atoms with Gasteiger partial charge in [-0.25, -0.2) is 0 Å². The SMILES string of the molecule is COc1ccc(OC)c(C(Cl)c2cc(Cl)ccc2I)c1. The molecule has 0 fully saturated rings. The summed E-state index contributed by atoms with van der Waals surface area (Å²) in [6, 6.07) is 11.2. The second-order valence-electron chi connectivity index (χ2n) is 4.14. The van der Waals surface area contributed by atoms with Gasteiger partial charge in [-0.05, 0) is 64.6 Å². The molecule has 0 bridgehead atoms. The lowest BCUT2D eigenvalue weighted by Gasteiger charge is -2.17. The number of rotatable bonds is 4. The molecule has 0 spiro atoms. The van der Waals surface area contributed by atoms with Crippen LogP contribution in [0.15, 0.2) is 36.4 Å². The van der Waals surface area contributed by atoms with Crippen LogP contribution in [0, 0.1) is 3.57 Å². The van der Waals surface area contributed by atoms with Crippen LogP contribution in [0.3, 0.4) is 0 Å². The summed E-state index contributed by atoms with van der Waals surface area (Å²) in [5.41, 5.74) is 1.81. The lowest BCUT2D eigenvalue weighted by Crippen LogP contribution is -2.00. The highest BCUT2D eigenvalue weighted by Crippen LogP contribution is 2.39. The van der Waals surface area contributed by atoms with Gasteiger partial charge in [-0.1, -0.05) is 11.6 Å². The van der Waals surface area contributed by atoms with Crippen LogP contribution in [-0.2, 0) is 0 Å². The summed E-state index contributed by atoms with van der Waals surface area (Å²) < 4.78 is 11.7. The molecular weight excluding hydrogens is 410 g/mol. The van der Waals surface area contributed by atoms with E-state index in [4.69, 9.17) is 32.7 Å². The number of alkyl halides is 1. The maximum absolute atomic E-state index is 6.62. The Balaban J connectivity index is 2.51. The number of hydrogen-bond acceptors (Lipinski definition) is 2. The van der Waals surface area contributed by atoms with E-state index in [1.54, 1.807) is 14.2 Å². The van der Waals surface area contributed by atoms with E-state index in [1.807, 2.05) is 36.4 Å². The standard InChI is InChI=1S/C15H13Cl2IO2/c1-19-10-4-6-14(20-2)12(8-10)15(17)11-7-9(16)3-5-13(11)18/h3-8,15H,1-2H3. The van der Waals surface area contributed by atoms with Crippen molar-refractivity contribution < 1.29 is 9.47 Å². The second-order valence-corrected chi connectivity index (χ2v) is 6.17. The lowest BCUT2D eigenvalue weighted by molar-refractivity contribution is 0.399. The van der Waals surface area contributed by atoms with Crippen molar-refractivity contribution in [1.29, 1.82) is 0 Å². The lowest BCUT2D eigenvalue weighted by atomic mass is 10.0. The highest BCUT2D eigenvalue weighted by Gasteiger charge is 2.19. The molecule has 0 aliphatic heterocycles. The van der Waals surface area contributed by atoms with Gasteiger partial charge in [0, 0.05) is 14.2 Å². The molecule has 0 aliphatic carbocycles. The molecule has 0 radical (unpaired) electrons. The predicted octanol–water partition coefficient (Wildman–Crippen LogP) is 5.29. The van der Waals surface area contributed by atoms with E-state index >= 15 is 0 Å². The average molecular weight is 423 g/mol. The zero-order valence-electron chi connectivity index (χ0n) is 11.0. The first-order chi connectivity index (χ1) is 9.56. The first-order valence-electron chi connectivity index (χ1n) is 5.87. The molecule has 1 atom stereocenters. The molecule has 0 heterocycles. The summed E-state index contributed by atoms with van der Waals surface area (Å²) in [5, 5.41) is 0.304. The van der Waals surface area contributed by atoms with Gasteiger partial charge in [0.1, 0.15) is 11.5 Å². The minimum Gasteiger partial charge on any atom is -0.497 e. The van der Waals surface area contributed by atoms with Crippen molar-refractivity contribution in [1.82, 2.24) is 0 Å². The van der Waals surface area contributed by atoms with Gasteiger partial charge in [-0.15, -0.1) is 11.6 Å². The van der Waals surface area contributed by atoms with E-state index in [0.29, 0.717) is 5.02 Å². The summed E-state index contributed by atoms with van der Waals surface area (Å²) in [6.07, 6.45) is 0. The summed E-state index contributed by atoms with van der Waals surface area (Å²) in [5.74, 6) is 1.46. The number of hydrogen-bond donors (Lipinski definition) is 0. The van der Waals surface area contributed by atoms with Crippen molar-refractivity contribution in [2.24, 2.45) is 0 Å². The third kappa shape index (κ3) is 3.32. The summed E-state index contributed by atoms with van der Waals surface area (Å²) in [4.78, 5) is 0. The molecule has 0 amide bonds. The second kappa shape index (κ2) is 6.87. The number of halogens is 3. The smallest absolute Gasteiger partial charge is 0.124 e. The van der Waals surface area contributed by atoms with Crippen molar-refractivity contribution in [3.05, 3.63) is 56.1 Å². The fraction of sp³-hybridized carbons (Fsp3) is 0.200. The van der Waals surface area contributed by atoms with Gasteiger partial charge in [0.15, 0.2) is 0 Å². The monoisotopic (exact) mass is 422 g/mol. The average Bonchev–Trinajstić information content (AvgIpc) is 2.48. The van der Waals surface area contributed by atoms with Crippen molar-refractivity contribution in [2.45, 2.75) is 5.38 Å². The van der Waals surface area contributed by atoms with Gasteiger partial charge in [-0.2, -0.15) is 0 Å². The van der Waals surface area contributed by atoms with Crippen molar-refractivity contribution in [2.75, 3.05) is 14.2 Å². The van der Waals surface area contributed by atoms with E-state index in [1.165, 1.54) is 0 Å². The topological polar surface area (TPSA) is 18.5 Å². The molecule has 0 aromatic heterocycles. The Hall–Kier alpha value is -0.650. The number of benzene rings is 2. The van der Waals surface area contributed by atoms with E-state index in [-0.39, 0.29) is 5.38 Å². The van der Waals surface area contributed by atoms with Crippen LogP contribution in [0.2, 0.25) is 5.02 Å². The highest BCUT2D eigenvalue weighted by molar-refractivity contribution is 14.1. The molecule has 1 unspecified atom stereocenters. The zero-order chi connectivity index (χ0) is 14.7. The van der Waals surface area contributed by atoms with Gasteiger partial charge in [0.25, 0.3) is 0 Å². The molecule has 106 valence electrons. The third-order valence-electron chi connectivity index (χ3n) is 2.94. The molecule has 2 aromatic carbocycles. The van der Waals surface area contributed by atoms with Crippen LogP contribution in [0.25, 0.3) is 0 Å². The summed E-state index contributed by atoms with van der Waals surface area (Å²) >= 11 is 14.9. The Bertz CT molecular complexity index is 617. The Morgan fingerprint density at radius 3 is 2.40 bits per heavy atom. The Morgan fingerprint density at radius 2 is 1.75 bits per heavy atom. The van der Waals surface area contributed by atoms with Crippen LogP contribution in [0.5, 0.6) is 11.5 Å². The largest absolute Gasteiger partial charge is 0.497 e. The highest BCUT2D eigenvalue weighted by atomic mass is 127. The molecular formula is C15H13Cl2IO2. The maximum Gasteiger partial charge on any atom is 0.124 e. The molecule has 0 aliphatic rings. The van der Waals surface area contributed by atoms with Crippen LogP contribution in [0.1, 0.15) is 16.5 Å². The zero-order valence-corrected chi connectivity index (χ0v) is 14.7. The van der Waals surface area contributed by atoms with Crippen molar-refractivity contribution in [3.8, 4) is 11.5 Å². The van der Waals surface area contributed by atoms with Crippen LogP contribution >= 0.6 is 45.8 Å². The third-order valence-corrected chi connectivity index (χ3v) is 4.63. The molecule has 2 rings (SSSR count). The molecule has 0 saturated carbocycles. The number of methoxy groups -OCH3 is 2. The van der Waals surface area contributed by atoms with Gasteiger partial charge < -0.3 is 9.47 Å². The van der Waals surface area contributed by atoms with Gasteiger partial charge >= 0.3 is 0 Å². The van der Waals surface area contributed by atoms with Gasteiger partial charge in [0.2, 0.25) is 0 Å². The van der Waals surface area contributed by atoms with Crippen molar-refractivity contribution >= 4 is 45.8 Å². The van der Waals surface area contributed by atoms with E-state index in [0.717, 1.165) is 26.2 Å². The Labute approximate surface area is 142 Å². The molecule has 5 heteroatoms. The fourth-order valence-electron chi connectivity index (χ4n) is 1.91. The van der Waals surface area contributed by atoms with Crippen LogP contribution < -0.4 is 9.47 Å². The van der Waals surface area contributed by atoms with E-state index in [2.05, 4.69) is 22.6 Å². The summed E-state index contributed by atoms with van der Waals surface area (Å²) in [7, 11) is 3.25. The van der Waals surface area contributed by atoms with Gasteiger partial charge in [0.05, 0.1) is 19.6 Å². The van der Waals surface area contributed by atoms with Crippen LogP contribution in [-0.4, -0.2) is 14.2 Å². The predicted molar refractivity (Wildman–Crippen MR) is 91.4 cm³/mol. The van der Waals surface area contributed by atoms with E-state index < -0.39 is 0 Å². The normalized spacial score (nSPS) is 12.1.